The van der Waals surface area contributed by atoms with Crippen molar-refractivity contribution in [2.75, 3.05) is 19.8 Å². The molecule has 1 aliphatic heterocycles. The smallest absolute Gasteiger partial charge is 0.306 e. The lowest BCUT2D eigenvalue weighted by atomic mass is 9.87. The number of esters is 1. The van der Waals surface area contributed by atoms with Gasteiger partial charge >= 0.3 is 5.97 Å². The maximum absolute atomic E-state index is 12.9. The van der Waals surface area contributed by atoms with Crippen LogP contribution < -0.4 is 15.0 Å². The second-order valence-electron chi connectivity index (χ2n) is 6.73. The molecule has 1 atom stereocenters. The molecule has 7 heteroatoms. The molecule has 2 aromatic carbocycles. The molecule has 0 saturated carbocycles. The average Bonchev–Trinajstić information content (AvgIpc) is 2.73. The average molecular weight is 395 g/mol. The number of pyridine rings is 1. The van der Waals surface area contributed by atoms with E-state index in [2.05, 4.69) is 4.98 Å². The van der Waals surface area contributed by atoms with Crippen LogP contribution in [-0.2, 0) is 9.53 Å². The summed E-state index contributed by atoms with van der Waals surface area (Å²) in [5, 5.41) is 11.4. The number of aromatic nitrogens is 1. The van der Waals surface area contributed by atoms with E-state index in [0.29, 0.717) is 41.2 Å². The van der Waals surface area contributed by atoms with Crippen LogP contribution in [0.25, 0.3) is 10.9 Å². The summed E-state index contributed by atoms with van der Waals surface area (Å²) in [6.45, 7) is 2.83. The fourth-order valence-electron chi connectivity index (χ4n) is 3.61. The number of carbonyl (C=O) groups excluding carboxylic acids is 1. The number of nitrogens with one attached hydrogen (secondary N) is 1. The molecule has 3 aromatic rings. The van der Waals surface area contributed by atoms with E-state index in [1.165, 1.54) is 0 Å². The van der Waals surface area contributed by atoms with Gasteiger partial charge in [-0.3, -0.25) is 9.59 Å². The molecule has 0 bridgehead atoms. The minimum Gasteiger partial charge on any atom is -0.507 e. The van der Waals surface area contributed by atoms with Gasteiger partial charge < -0.3 is 24.3 Å². The van der Waals surface area contributed by atoms with Gasteiger partial charge in [-0.2, -0.15) is 0 Å². The van der Waals surface area contributed by atoms with Crippen molar-refractivity contribution in [1.82, 2.24) is 4.98 Å². The molecular formula is C22H21NO6. The van der Waals surface area contributed by atoms with Crippen molar-refractivity contribution in [3.05, 3.63) is 63.9 Å². The molecule has 4 rings (SSSR count). The molecule has 0 spiro atoms. The zero-order valence-corrected chi connectivity index (χ0v) is 15.9. The third-order valence-electron chi connectivity index (χ3n) is 4.92. The van der Waals surface area contributed by atoms with Crippen LogP contribution in [0.3, 0.4) is 0 Å². The van der Waals surface area contributed by atoms with Gasteiger partial charge in [-0.25, -0.2) is 0 Å². The van der Waals surface area contributed by atoms with Gasteiger partial charge in [0.15, 0.2) is 11.5 Å². The highest BCUT2D eigenvalue weighted by Gasteiger charge is 2.27. The standard InChI is InChI=1S/C22H21NO6/c1-2-27-19(24)12-15(13-7-8-17-18(11-13)29-10-9-28-17)20-21(25)14-5-3-4-6-16(14)23-22(20)26/h3-8,11,15H,2,9-10,12H2,1H3,(H2,23,25,26). The third kappa shape index (κ3) is 3.63. The van der Waals surface area contributed by atoms with Crippen LogP contribution in [-0.4, -0.2) is 35.9 Å². The zero-order valence-electron chi connectivity index (χ0n) is 15.9. The Morgan fingerprint density at radius 2 is 1.93 bits per heavy atom. The Morgan fingerprint density at radius 1 is 1.17 bits per heavy atom. The summed E-state index contributed by atoms with van der Waals surface area (Å²) in [4.78, 5) is 28.0. The number of benzene rings is 2. The van der Waals surface area contributed by atoms with Crippen LogP contribution in [0.15, 0.2) is 47.3 Å². The molecule has 0 aliphatic carbocycles. The molecule has 1 aromatic heterocycles. The zero-order chi connectivity index (χ0) is 20.4. The summed E-state index contributed by atoms with van der Waals surface area (Å²) in [6.07, 6.45) is -0.0948. The topological polar surface area (TPSA) is 97.8 Å². The highest BCUT2D eigenvalue weighted by molar-refractivity contribution is 5.86. The third-order valence-corrected chi connectivity index (χ3v) is 4.92. The fourth-order valence-corrected chi connectivity index (χ4v) is 3.61. The van der Waals surface area contributed by atoms with Crippen molar-refractivity contribution in [1.29, 1.82) is 0 Å². The lowest BCUT2D eigenvalue weighted by Gasteiger charge is -2.22. The molecule has 0 radical (unpaired) electrons. The predicted octanol–water partition coefficient (Wildman–Crippen LogP) is 3.09. The molecule has 1 unspecified atom stereocenters. The molecule has 0 amide bonds. The Labute approximate surface area is 166 Å². The Hall–Kier alpha value is -3.48. The normalized spacial score (nSPS) is 13.8. The minimum absolute atomic E-state index is 0.0948. The van der Waals surface area contributed by atoms with Gasteiger partial charge in [0.25, 0.3) is 5.56 Å². The van der Waals surface area contributed by atoms with Gasteiger partial charge in [0.05, 0.1) is 24.1 Å². The highest BCUT2D eigenvalue weighted by Crippen LogP contribution is 2.39. The first kappa shape index (κ1) is 18.9. The first-order valence-corrected chi connectivity index (χ1v) is 9.47. The molecular weight excluding hydrogens is 374 g/mol. The second kappa shape index (κ2) is 7.87. The molecule has 0 fully saturated rings. The van der Waals surface area contributed by atoms with Crippen LogP contribution in [0.4, 0.5) is 0 Å². The van der Waals surface area contributed by atoms with Gasteiger partial charge in [0.2, 0.25) is 0 Å². The predicted molar refractivity (Wildman–Crippen MR) is 107 cm³/mol. The minimum atomic E-state index is -0.710. The number of rotatable bonds is 5. The van der Waals surface area contributed by atoms with E-state index < -0.39 is 17.4 Å². The number of aromatic hydroxyl groups is 1. The Bertz CT molecular complexity index is 1120. The number of H-pyrrole nitrogens is 1. The number of hydrogen-bond donors (Lipinski definition) is 2. The van der Waals surface area contributed by atoms with Gasteiger partial charge in [-0.05, 0) is 36.8 Å². The Morgan fingerprint density at radius 3 is 2.72 bits per heavy atom. The highest BCUT2D eigenvalue weighted by atomic mass is 16.6. The van der Waals surface area contributed by atoms with Gasteiger partial charge in [0, 0.05) is 11.3 Å². The molecule has 2 heterocycles. The molecule has 7 nitrogen and oxygen atoms in total. The van der Waals surface area contributed by atoms with Crippen LogP contribution in [0.2, 0.25) is 0 Å². The molecule has 29 heavy (non-hydrogen) atoms. The maximum atomic E-state index is 12.9. The van der Waals surface area contributed by atoms with E-state index in [0.717, 1.165) is 0 Å². The summed E-state index contributed by atoms with van der Waals surface area (Å²) >= 11 is 0. The second-order valence-corrected chi connectivity index (χ2v) is 6.73. The largest absolute Gasteiger partial charge is 0.507 e. The van der Waals surface area contributed by atoms with Crippen molar-refractivity contribution in [3.8, 4) is 17.2 Å². The summed E-state index contributed by atoms with van der Waals surface area (Å²) in [6, 6.07) is 12.2. The molecule has 0 saturated heterocycles. The van der Waals surface area contributed by atoms with Gasteiger partial charge in [-0.1, -0.05) is 18.2 Å². The number of aromatic amines is 1. The van der Waals surface area contributed by atoms with Crippen LogP contribution in [0.5, 0.6) is 17.2 Å². The Kier molecular flexibility index (Phi) is 5.12. The quantitative estimate of drug-likeness (QED) is 0.645. The Balaban J connectivity index is 1.86. The number of ether oxygens (including phenoxy) is 3. The fraction of sp³-hybridized carbons (Fsp3) is 0.273. The van der Waals surface area contributed by atoms with Crippen LogP contribution in [0.1, 0.15) is 30.4 Å². The van der Waals surface area contributed by atoms with E-state index in [-0.39, 0.29) is 24.3 Å². The van der Waals surface area contributed by atoms with Gasteiger partial charge in [-0.15, -0.1) is 0 Å². The summed E-state index contributed by atoms with van der Waals surface area (Å²) in [5.74, 6) is -0.169. The van der Waals surface area contributed by atoms with E-state index in [1.54, 1.807) is 49.4 Å². The van der Waals surface area contributed by atoms with Crippen molar-refractivity contribution >= 4 is 16.9 Å². The van der Waals surface area contributed by atoms with Crippen LogP contribution >= 0.6 is 0 Å². The monoisotopic (exact) mass is 395 g/mol. The summed E-state index contributed by atoms with van der Waals surface area (Å²) in [5.41, 5.74) is 0.841. The first-order valence-electron chi connectivity index (χ1n) is 9.47. The number of carbonyl (C=O) groups is 1. The van der Waals surface area contributed by atoms with Crippen molar-refractivity contribution in [2.24, 2.45) is 0 Å². The molecule has 150 valence electrons. The van der Waals surface area contributed by atoms with Crippen molar-refractivity contribution in [2.45, 2.75) is 19.3 Å². The first-order chi connectivity index (χ1) is 14.1. The molecule has 2 N–H and O–H groups in total. The van der Waals surface area contributed by atoms with E-state index in [9.17, 15) is 14.7 Å². The summed E-state index contributed by atoms with van der Waals surface area (Å²) < 4.78 is 16.3. The SMILES string of the molecule is CCOC(=O)CC(c1ccc2c(c1)OCCO2)c1c(O)c2ccccc2[nH]c1=O. The lowest BCUT2D eigenvalue weighted by molar-refractivity contribution is -0.143. The number of hydrogen-bond acceptors (Lipinski definition) is 6. The lowest BCUT2D eigenvalue weighted by Crippen LogP contribution is -2.21. The van der Waals surface area contributed by atoms with E-state index in [1.807, 2.05) is 0 Å². The van der Waals surface area contributed by atoms with E-state index in [4.69, 9.17) is 14.2 Å². The molecule has 1 aliphatic rings. The maximum Gasteiger partial charge on any atom is 0.306 e. The van der Waals surface area contributed by atoms with Crippen molar-refractivity contribution < 1.29 is 24.1 Å². The van der Waals surface area contributed by atoms with Crippen LogP contribution in [0, 0.1) is 0 Å². The summed E-state index contributed by atoms with van der Waals surface area (Å²) in [7, 11) is 0. The van der Waals surface area contributed by atoms with Gasteiger partial charge in [0.1, 0.15) is 19.0 Å². The number of para-hydroxylation sites is 1. The van der Waals surface area contributed by atoms with E-state index >= 15 is 0 Å². The number of fused-ring (bicyclic) bond motifs is 2. The van der Waals surface area contributed by atoms with Crippen molar-refractivity contribution in [3.63, 3.8) is 0 Å².